The number of nitrogens with one attached hydrogen (secondary N) is 1. The van der Waals surface area contributed by atoms with Crippen molar-refractivity contribution >= 4 is 5.97 Å². The predicted octanol–water partition coefficient (Wildman–Crippen LogP) is 1.98. The van der Waals surface area contributed by atoms with E-state index in [0.717, 1.165) is 23.6 Å². The van der Waals surface area contributed by atoms with Gasteiger partial charge in [0.15, 0.2) is 5.69 Å². The third-order valence-corrected chi connectivity index (χ3v) is 3.24. The number of rotatable bonds is 6. The van der Waals surface area contributed by atoms with Crippen LogP contribution < -0.4 is 5.32 Å². The number of carbonyl (C=O) groups excluding carboxylic acids is 1. The van der Waals surface area contributed by atoms with Gasteiger partial charge in [0.2, 0.25) is 0 Å². The highest BCUT2D eigenvalue weighted by molar-refractivity contribution is 5.80. The van der Waals surface area contributed by atoms with Crippen molar-refractivity contribution in [3.63, 3.8) is 0 Å². The average Bonchev–Trinajstić information content (AvgIpc) is 3.03. The summed E-state index contributed by atoms with van der Waals surface area (Å²) in [6, 6.07) is 1.10. The molecule has 1 aliphatic rings. The molecule has 1 fully saturated rings. The van der Waals surface area contributed by atoms with Gasteiger partial charge in [-0.15, -0.1) is 0 Å². The first-order valence-corrected chi connectivity index (χ1v) is 6.80. The van der Waals surface area contributed by atoms with Gasteiger partial charge in [0, 0.05) is 12.2 Å². The number of hydrogen-bond donors (Lipinski definition) is 1. The second-order valence-corrected chi connectivity index (χ2v) is 5.37. The highest BCUT2D eigenvalue weighted by atomic mass is 19.4. The molecule has 1 aliphatic carbocycles. The van der Waals surface area contributed by atoms with Gasteiger partial charge in [-0.2, -0.15) is 18.3 Å². The molecule has 1 atom stereocenters. The number of hydrogen-bond acceptors (Lipinski definition) is 4. The molecule has 0 saturated heterocycles. The van der Waals surface area contributed by atoms with Crippen molar-refractivity contribution < 1.29 is 22.7 Å². The first-order chi connectivity index (χ1) is 9.74. The van der Waals surface area contributed by atoms with E-state index in [9.17, 15) is 18.0 Å². The quantitative estimate of drug-likeness (QED) is 0.817. The molecule has 1 aromatic rings. The van der Waals surface area contributed by atoms with Crippen LogP contribution in [0, 0.1) is 0 Å². The minimum Gasteiger partial charge on any atom is -0.465 e. The standard InChI is InChI=1S/C13H18F3N3O2/c1-3-21-11(20)12(2,17-9-4-5-9)8-19-7-6-10(18-19)13(14,15)16/h6-7,9,17H,3-5,8H2,1-2H3. The summed E-state index contributed by atoms with van der Waals surface area (Å²) >= 11 is 0. The lowest BCUT2D eigenvalue weighted by molar-refractivity contribution is -0.151. The Morgan fingerprint density at radius 3 is 2.67 bits per heavy atom. The molecule has 1 heterocycles. The maximum atomic E-state index is 12.6. The summed E-state index contributed by atoms with van der Waals surface area (Å²) in [6.07, 6.45) is -1.38. The zero-order valence-corrected chi connectivity index (χ0v) is 11.9. The van der Waals surface area contributed by atoms with Crippen molar-refractivity contribution in [3.8, 4) is 0 Å². The molecule has 21 heavy (non-hydrogen) atoms. The number of halogens is 3. The van der Waals surface area contributed by atoms with E-state index in [-0.39, 0.29) is 19.2 Å². The van der Waals surface area contributed by atoms with E-state index in [1.165, 1.54) is 6.20 Å². The first kappa shape index (κ1) is 15.8. The van der Waals surface area contributed by atoms with Gasteiger partial charge in [0.1, 0.15) is 5.54 Å². The smallest absolute Gasteiger partial charge is 0.435 e. The Kier molecular flexibility index (Phi) is 4.27. The largest absolute Gasteiger partial charge is 0.465 e. The van der Waals surface area contributed by atoms with Gasteiger partial charge < -0.3 is 4.74 Å². The van der Waals surface area contributed by atoms with E-state index in [1.807, 2.05) is 0 Å². The monoisotopic (exact) mass is 305 g/mol. The van der Waals surface area contributed by atoms with Crippen LogP contribution in [0.3, 0.4) is 0 Å². The number of alkyl halides is 3. The van der Waals surface area contributed by atoms with Crippen molar-refractivity contribution in [1.82, 2.24) is 15.1 Å². The van der Waals surface area contributed by atoms with Crippen LogP contribution in [0.5, 0.6) is 0 Å². The van der Waals surface area contributed by atoms with Gasteiger partial charge in [-0.1, -0.05) is 0 Å². The molecule has 0 amide bonds. The Labute approximate surface area is 120 Å². The van der Waals surface area contributed by atoms with Gasteiger partial charge >= 0.3 is 12.1 Å². The molecule has 1 unspecified atom stereocenters. The van der Waals surface area contributed by atoms with Gasteiger partial charge in [-0.05, 0) is 32.8 Å². The highest BCUT2D eigenvalue weighted by Gasteiger charge is 2.41. The van der Waals surface area contributed by atoms with Crippen molar-refractivity contribution in [2.45, 2.75) is 51.0 Å². The number of aromatic nitrogens is 2. The van der Waals surface area contributed by atoms with Crippen molar-refractivity contribution in [3.05, 3.63) is 18.0 Å². The molecule has 1 saturated carbocycles. The van der Waals surface area contributed by atoms with Crippen LogP contribution in [0.15, 0.2) is 12.3 Å². The van der Waals surface area contributed by atoms with Crippen LogP contribution in [0.2, 0.25) is 0 Å². The fourth-order valence-electron chi connectivity index (χ4n) is 2.06. The zero-order valence-electron chi connectivity index (χ0n) is 11.9. The number of nitrogens with zero attached hydrogens (tertiary/aromatic N) is 2. The van der Waals surface area contributed by atoms with E-state index in [2.05, 4.69) is 10.4 Å². The summed E-state index contributed by atoms with van der Waals surface area (Å²) in [6.45, 7) is 3.51. The fourth-order valence-corrected chi connectivity index (χ4v) is 2.06. The van der Waals surface area contributed by atoms with Crippen molar-refractivity contribution in [2.75, 3.05) is 6.61 Å². The van der Waals surface area contributed by atoms with Crippen LogP contribution >= 0.6 is 0 Å². The van der Waals surface area contributed by atoms with Crippen molar-refractivity contribution in [1.29, 1.82) is 0 Å². The maximum Gasteiger partial charge on any atom is 0.435 e. The Morgan fingerprint density at radius 1 is 1.52 bits per heavy atom. The molecule has 8 heteroatoms. The minimum absolute atomic E-state index is 0.0155. The molecule has 2 rings (SSSR count). The molecule has 118 valence electrons. The minimum atomic E-state index is -4.49. The molecule has 0 spiro atoms. The zero-order chi connectivity index (χ0) is 15.7. The molecule has 0 radical (unpaired) electrons. The Morgan fingerprint density at radius 2 is 2.19 bits per heavy atom. The summed E-state index contributed by atoms with van der Waals surface area (Å²) in [4.78, 5) is 12.1. The fraction of sp³-hybridized carbons (Fsp3) is 0.692. The summed E-state index contributed by atoms with van der Waals surface area (Å²) < 4.78 is 43.8. The lowest BCUT2D eigenvalue weighted by Crippen LogP contribution is -2.54. The van der Waals surface area contributed by atoms with Crippen molar-refractivity contribution in [2.24, 2.45) is 0 Å². The first-order valence-electron chi connectivity index (χ1n) is 6.80. The van der Waals surface area contributed by atoms with E-state index in [4.69, 9.17) is 4.74 Å². The maximum absolute atomic E-state index is 12.6. The van der Waals surface area contributed by atoms with Crippen LogP contribution in [0.4, 0.5) is 13.2 Å². The third-order valence-electron chi connectivity index (χ3n) is 3.24. The Balaban J connectivity index is 2.14. The number of ether oxygens (including phenoxy) is 1. The van der Waals surface area contributed by atoms with Crippen LogP contribution in [-0.4, -0.2) is 33.9 Å². The van der Waals surface area contributed by atoms with Gasteiger partial charge in [0.05, 0.1) is 13.2 Å². The lowest BCUT2D eigenvalue weighted by Gasteiger charge is -2.28. The van der Waals surface area contributed by atoms with Crippen LogP contribution in [0.25, 0.3) is 0 Å². The SMILES string of the molecule is CCOC(=O)C(C)(Cn1ccc(C(F)(F)F)n1)NC1CC1. The molecule has 0 aromatic carbocycles. The topological polar surface area (TPSA) is 56.2 Å². The molecule has 5 nitrogen and oxygen atoms in total. The molecular weight excluding hydrogens is 287 g/mol. The molecule has 0 aliphatic heterocycles. The Bertz CT molecular complexity index is 511. The third kappa shape index (κ3) is 3.96. The predicted molar refractivity (Wildman–Crippen MR) is 68.4 cm³/mol. The van der Waals surface area contributed by atoms with E-state index < -0.39 is 23.4 Å². The van der Waals surface area contributed by atoms with Gasteiger partial charge in [-0.3, -0.25) is 10.00 Å². The van der Waals surface area contributed by atoms with E-state index >= 15 is 0 Å². The lowest BCUT2D eigenvalue weighted by atomic mass is 10.0. The second kappa shape index (κ2) is 5.67. The highest BCUT2D eigenvalue weighted by Crippen LogP contribution is 2.28. The summed E-state index contributed by atoms with van der Waals surface area (Å²) in [5, 5.41) is 6.61. The van der Waals surface area contributed by atoms with Gasteiger partial charge in [-0.25, -0.2) is 4.79 Å². The second-order valence-electron chi connectivity index (χ2n) is 5.37. The molecule has 1 aromatic heterocycles. The molecular formula is C13H18F3N3O2. The van der Waals surface area contributed by atoms with Crippen LogP contribution in [0.1, 0.15) is 32.4 Å². The average molecular weight is 305 g/mol. The van der Waals surface area contributed by atoms with E-state index in [1.54, 1.807) is 13.8 Å². The van der Waals surface area contributed by atoms with Crippen LogP contribution in [-0.2, 0) is 22.3 Å². The summed E-state index contributed by atoms with van der Waals surface area (Å²) in [7, 11) is 0. The number of carbonyl (C=O) groups is 1. The van der Waals surface area contributed by atoms with Gasteiger partial charge in [0.25, 0.3) is 0 Å². The van der Waals surface area contributed by atoms with E-state index in [0.29, 0.717) is 0 Å². The molecule has 0 bridgehead atoms. The normalized spacial score (nSPS) is 18.3. The molecule has 1 N–H and O–H groups in total. The summed E-state index contributed by atoms with van der Waals surface area (Å²) in [5.41, 5.74) is -2.06. The number of esters is 1. The Hall–Kier alpha value is -1.57. The summed E-state index contributed by atoms with van der Waals surface area (Å²) in [5.74, 6) is -0.485.